The van der Waals surface area contributed by atoms with Crippen LogP contribution in [0.5, 0.6) is 0 Å². The van der Waals surface area contributed by atoms with Gasteiger partial charge in [-0.2, -0.15) is 15.0 Å². The van der Waals surface area contributed by atoms with E-state index in [2.05, 4.69) is 20.3 Å². The number of hydrogen-bond donors (Lipinski definition) is 1. The topological polar surface area (TPSA) is 63.2 Å². The van der Waals surface area contributed by atoms with Gasteiger partial charge in [-0.1, -0.05) is 17.7 Å². The zero-order valence-corrected chi connectivity index (χ0v) is 12.5. The Labute approximate surface area is 128 Å². The summed E-state index contributed by atoms with van der Waals surface area (Å²) in [5, 5.41) is 3.33. The summed E-state index contributed by atoms with van der Waals surface area (Å²) in [6, 6.07) is 7.99. The van der Waals surface area contributed by atoms with Crippen LogP contribution in [0, 0.1) is 6.92 Å². The van der Waals surface area contributed by atoms with E-state index in [-0.39, 0.29) is 5.28 Å². The van der Waals surface area contributed by atoms with Crippen LogP contribution in [0.1, 0.15) is 5.56 Å². The van der Waals surface area contributed by atoms with E-state index >= 15 is 0 Å². The first kappa shape index (κ1) is 14.0. The number of halogens is 1. The van der Waals surface area contributed by atoms with Gasteiger partial charge in [0, 0.05) is 18.8 Å². The number of ether oxygens (including phenoxy) is 1. The van der Waals surface area contributed by atoms with Crippen LogP contribution in [-0.4, -0.2) is 41.3 Å². The van der Waals surface area contributed by atoms with Crippen LogP contribution < -0.4 is 10.2 Å². The molecule has 2 aromatic rings. The molecule has 0 bridgehead atoms. The molecule has 0 spiro atoms. The number of anilines is 3. The Morgan fingerprint density at radius 2 is 1.81 bits per heavy atom. The van der Waals surface area contributed by atoms with Gasteiger partial charge in [0.2, 0.25) is 17.2 Å². The smallest absolute Gasteiger partial charge is 0.233 e. The van der Waals surface area contributed by atoms with E-state index in [1.807, 2.05) is 36.1 Å². The van der Waals surface area contributed by atoms with Gasteiger partial charge in [-0.15, -0.1) is 0 Å². The molecule has 1 aliphatic rings. The van der Waals surface area contributed by atoms with Gasteiger partial charge < -0.3 is 15.0 Å². The number of aryl methyl sites for hydroxylation is 1. The van der Waals surface area contributed by atoms with Crippen molar-refractivity contribution in [3.63, 3.8) is 0 Å². The molecule has 1 N–H and O–H groups in total. The first-order valence-corrected chi connectivity index (χ1v) is 7.16. The Bertz CT molecular complexity index is 613. The van der Waals surface area contributed by atoms with Crippen molar-refractivity contribution < 1.29 is 4.74 Å². The molecule has 7 heteroatoms. The number of rotatable bonds is 3. The molecule has 21 heavy (non-hydrogen) atoms. The Hall–Kier alpha value is -1.92. The fourth-order valence-electron chi connectivity index (χ4n) is 2.07. The van der Waals surface area contributed by atoms with E-state index in [1.54, 1.807) is 0 Å². The van der Waals surface area contributed by atoms with Crippen molar-refractivity contribution >= 4 is 29.2 Å². The van der Waals surface area contributed by atoms with Crippen molar-refractivity contribution in [2.75, 3.05) is 36.5 Å². The average Bonchev–Trinajstić information content (AvgIpc) is 2.50. The maximum absolute atomic E-state index is 6.00. The second-order valence-corrected chi connectivity index (χ2v) is 5.16. The van der Waals surface area contributed by atoms with Crippen LogP contribution in [0.15, 0.2) is 24.3 Å². The molecule has 0 unspecified atom stereocenters. The molecule has 1 saturated heterocycles. The molecule has 1 aromatic carbocycles. The van der Waals surface area contributed by atoms with Crippen molar-refractivity contribution in [1.29, 1.82) is 0 Å². The number of aromatic nitrogens is 3. The fourth-order valence-corrected chi connectivity index (χ4v) is 2.22. The molecule has 1 aliphatic heterocycles. The summed E-state index contributed by atoms with van der Waals surface area (Å²) in [6.07, 6.45) is 0. The largest absolute Gasteiger partial charge is 0.378 e. The molecule has 0 saturated carbocycles. The van der Waals surface area contributed by atoms with Gasteiger partial charge in [0.15, 0.2) is 0 Å². The molecule has 2 heterocycles. The van der Waals surface area contributed by atoms with E-state index in [4.69, 9.17) is 16.3 Å². The number of nitrogens with one attached hydrogen (secondary N) is 1. The highest BCUT2D eigenvalue weighted by atomic mass is 35.5. The number of benzene rings is 1. The van der Waals surface area contributed by atoms with Crippen molar-refractivity contribution in [1.82, 2.24) is 15.0 Å². The third-order valence-corrected chi connectivity index (χ3v) is 3.37. The predicted octanol–water partition coefficient (Wildman–Crippen LogP) is 2.41. The van der Waals surface area contributed by atoms with Crippen LogP contribution in [0.2, 0.25) is 5.28 Å². The lowest BCUT2D eigenvalue weighted by molar-refractivity contribution is 0.122. The first-order valence-electron chi connectivity index (χ1n) is 6.79. The third-order valence-electron chi connectivity index (χ3n) is 3.20. The molecule has 3 rings (SSSR count). The minimum atomic E-state index is 0.182. The van der Waals surface area contributed by atoms with E-state index < -0.39 is 0 Å². The van der Waals surface area contributed by atoms with Crippen LogP contribution in [0.4, 0.5) is 17.6 Å². The Morgan fingerprint density at radius 1 is 1.10 bits per heavy atom. The summed E-state index contributed by atoms with van der Waals surface area (Å²) in [7, 11) is 0. The van der Waals surface area contributed by atoms with Crippen molar-refractivity contribution in [2.45, 2.75) is 6.92 Å². The lowest BCUT2D eigenvalue weighted by Gasteiger charge is -2.26. The van der Waals surface area contributed by atoms with Crippen LogP contribution >= 0.6 is 11.6 Å². The summed E-state index contributed by atoms with van der Waals surface area (Å²) in [5.74, 6) is 1.02. The second-order valence-electron chi connectivity index (χ2n) is 4.82. The molecule has 0 aliphatic carbocycles. The Balaban J connectivity index is 1.81. The molecule has 0 atom stereocenters. The molecule has 1 fully saturated rings. The summed E-state index contributed by atoms with van der Waals surface area (Å²) in [6.45, 7) is 4.89. The zero-order chi connectivity index (χ0) is 14.7. The first-order chi connectivity index (χ1) is 10.2. The standard InChI is InChI=1S/C14H16ClN5O/c1-10-2-4-11(5-3-10)16-13-17-12(15)18-14(19-13)20-6-8-21-9-7-20/h2-5H,6-9H2,1H3,(H,16,17,18,19). The Morgan fingerprint density at radius 3 is 2.52 bits per heavy atom. The molecular formula is C14H16ClN5O. The number of nitrogens with zero attached hydrogens (tertiary/aromatic N) is 4. The molecule has 0 amide bonds. The molecular weight excluding hydrogens is 290 g/mol. The van der Waals surface area contributed by atoms with Gasteiger partial charge in [-0.05, 0) is 30.7 Å². The lowest BCUT2D eigenvalue weighted by Crippen LogP contribution is -2.37. The van der Waals surface area contributed by atoms with Gasteiger partial charge in [-0.3, -0.25) is 0 Å². The number of morpholine rings is 1. The quantitative estimate of drug-likeness (QED) is 0.939. The van der Waals surface area contributed by atoms with Crippen LogP contribution in [0.3, 0.4) is 0 Å². The molecule has 0 radical (unpaired) electrons. The van der Waals surface area contributed by atoms with E-state index in [9.17, 15) is 0 Å². The highest BCUT2D eigenvalue weighted by Crippen LogP contribution is 2.18. The predicted molar refractivity (Wildman–Crippen MR) is 82.3 cm³/mol. The zero-order valence-electron chi connectivity index (χ0n) is 11.7. The average molecular weight is 306 g/mol. The summed E-state index contributed by atoms with van der Waals surface area (Å²) in [4.78, 5) is 14.8. The number of hydrogen-bond acceptors (Lipinski definition) is 6. The lowest BCUT2D eigenvalue weighted by atomic mass is 10.2. The van der Waals surface area contributed by atoms with E-state index in [0.717, 1.165) is 18.8 Å². The summed E-state index contributed by atoms with van der Waals surface area (Å²) >= 11 is 6.00. The van der Waals surface area contributed by atoms with Crippen LogP contribution in [-0.2, 0) is 4.74 Å². The van der Waals surface area contributed by atoms with Gasteiger partial charge >= 0.3 is 0 Å². The highest BCUT2D eigenvalue weighted by Gasteiger charge is 2.16. The maximum atomic E-state index is 6.00. The fraction of sp³-hybridized carbons (Fsp3) is 0.357. The molecule has 110 valence electrons. The van der Waals surface area contributed by atoms with Gasteiger partial charge in [0.05, 0.1) is 13.2 Å². The maximum Gasteiger partial charge on any atom is 0.233 e. The van der Waals surface area contributed by atoms with Crippen molar-refractivity contribution in [3.8, 4) is 0 Å². The van der Waals surface area contributed by atoms with Crippen molar-refractivity contribution in [3.05, 3.63) is 35.1 Å². The normalized spacial score (nSPS) is 15.0. The van der Waals surface area contributed by atoms with E-state index in [0.29, 0.717) is 25.1 Å². The van der Waals surface area contributed by atoms with Gasteiger partial charge in [0.1, 0.15) is 0 Å². The van der Waals surface area contributed by atoms with Crippen LogP contribution in [0.25, 0.3) is 0 Å². The second kappa shape index (κ2) is 6.24. The van der Waals surface area contributed by atoms with Gasteiger partial charge in [0.25, 0.3) is 0 Å². The minimum absolute atomic E-state index is 0.182. The third kappa shape index (κ3) is 3.59. The van der Waals surface area contributed by atoms with Crippen molar-refractivity contribution in [2.24, 2.45) is 0 Å². The summed E-state index contributed by atoms with van der Waals surface area (Å²) < 4.78 is 5.33. The highest BCUT2D eigenvalue weighted by molar-refractivity contribution is 6.28. The SMILES string of the molecule is Cc1ccc(Nc2nc(Cl)nc(N3CCOCC3)n2)cc1. The van der Waals surface area contributed by atoms with E-state index in [1.165, 1.54) is 5.56 Å². The molecule has 6 nitrogen and oxygen atoms in total. The summed E-state index contributed by atoms with van der Waals surface area (Å²) in [5.41, 5.74) is 2.11. The minimum Gasteiger partial charge on any atom is -0.378 e. The molecule has 1 aromatic heterocycles. The monoisotopic (exact) mass is 305 g/mol. The Kier molecular flexibility index (Phi) is 4.17. The van der Waals surface area contributed by atoms with Gasteiger partial charge in [-0.25, -0.2) is 0 Å².